The average molecular weight is 510 g/mol. The summed E-state index contributed by atoms with van der Waals surface area (Å²) in [6.07, 6.45) is 10.5. The van der Waals surface area contributed by atoms with Crippen molar-refractivity contribution in [2.24, 2.45) is 0 Å². The Kier molecular flexibility index (Phi) is 9.18. The van der Waals surface area contributed by atoms with Gasteiger partial charge in [0.1, 0.15) is 41.8 Å². The fraction of sp³-hybridized carbons (Fsp3) is 0.286. The Morgan fingerprint density at radius 2 is 1.92 bits per heavy atom. The first-order chi connectivity index (χ1) is 18.0. The quantitative estimate of drug-likeness (QED) is 0.251. The lowest BCUT2D eigenvalue weighted by Gasteiger charge is -2.10. The Balaban J connectivity index is 1.19. The van der Waals surface area contributed by atoms with Crippen LogP contribution in [0.25, 0.3) is 12.2 Å². The number of hydrogen-bond acceptors (Lipinski definition) is 6. The van der Waals surface area contributed by atoms with E-state index < -0.39 is 17.7 Å². The molecule has 2 N–H and O–H groups in total. The maximum atomic E-state index is 13.7. The number of imidazole rings is 1. The molecule has 37 heavy (non-hydrogen) atoms. The summed E-state index contributed by atoms with van der Waals surface area (Å²) < 4.78 is 39.9. The van der Waals surface area contributed by atoms with Crippen LogP contribution in [-0.4, -0.2) is 37.5 Å². The monoisotopic (exact) mass is 509 g/mol. The van der Waals surface area contributed by atoms with Crippen LogP contribution >= 0.6 is 0 Å². The van der Waals surface area contributed by atoms with Gasteiger partial charge in [0.05, 0.1) is 12.7 Å². The minimum atomic E-state index is -0.788. The van der Waals surface area contributed by atoms with E-state index in [9.17, 15) is 13.9 Å². The second-order valence-corrected chi connectivity index (χ2v) is 8.64. The number of unbranched alkanes of at least 4 members (excludes halogenated alkanes) is 1. The van der Waals surface area contributed by atoms with Gasteiger partial charge < -0.3 is 23.9 Å². The van der Waals surface area contributed by atoms with Gasteiger partial charge in [-0.05, 0) is 55.2 Å². The molecule has 0 unspecified atom stereocenters. The van der Waals surface area contributed by atoms with Crippen LogP contribution in [0, 0.1) is 11.6 Å². The zero-order chi connectivity index (χ0) is 26.0. The maximum Gasteiger partial charge on any atom is 0.218 e. The van der Waals surface area contributed by atoms with Gasteiger partial charge in [-0.1, -0.05) is 12.1 Å². The summed E-state index contributed by atoms with van der Waals surface area (Å²) in [5.41, 5.74) is 2.03. The number of ether oxygens (including phenoxy) is 1. The van der Waals surface area contributed by atoms with Crippen LogP contribution in [0.3, 0.4) is 0 Å². The van der Waals surface area contributed by atoms with Gasteiger partial charge in [0.15, 0.2) is 0 Å². The highest BCUT2D eigenvalue weighted by molar-refractivity contribution is 5.66. The van der Waals surface area contributed by atoms with Crippen molar-refractivity contribution < 1.29 is 28.1 Å². The Morgan fingerprint density at radius 3 is 2.70 bits per heavy atom. The second-order valence-electron chi connectivity index (χ2n) is 8.64. The summed E-state index contributed by atoms with van der Waals surface area (Å²) in [5, 5.41) is 18.7. The summed E-state index contributed by atoms with van der Waals surface area (Å²) in [6, 6.07) is 11.3. The molecule has 2 heterocycles. The lowest BCUT2D eigenvalue weighted by Crippen LogP contribution is -2.18. The first-order valence-electron chi connectivity index (χ1n) is 12.1. The number of aryl methyl sites for hydroxylation is 2. The summed E-state index contributed by atoms with van der Waals surface area (Å²) in [5.74, 6) is 0.500. The molecule has 0 bridgehead atoms. The predicted molar refractivity (Wildman–Crippen MR) is 135 cm³/mol. The van der Waals surface area contributed by atoms with Gasteiger partial charge in [0.2, 0.25) is 5.89 Å². The number of aliphatic hydroxyl groups excluding tert-OH is 2. The van der Waals surface area contributed by atoms with Crippen LogP contribution in [0.2, 0.25) is 0 Å². The van der Waals surface area contributed by atoms with E-state index in [-0.39, 0.29) is 18.8 Å². The summed E-state index contributed by atoms with van der Waals surface area (Å²) in [7, 11) is 0. The third-order valence-corrected chi connectivity index (χ3v) is 5.79. The Morgan fingerprint density at radius 1 is 1.08 bits per heavy atom. The van der Waals surface area contributed by atoms with Crippen LogP contribution in [0.4, 0.5) is 8.78 Å². The number of aromatic nitrogens is 3. The molecule has 0 aliphatic rings. The molecule has 1 atom stereocenters. The Hall–Kier alpha value is -3.82. The standard InChI is InChI=1S/C28H29F2N3O4/c29-22-8-6-21(26(30)15-22)7-11-28-32-23(19-37-28)18-36-25-9-4-20(5-10-25)3-1-2-13-33-14-12-31-27(33)16-24(35)17-34/h4-12,14-15,19,24,34-35H,1-3,13,16-18H2/b11-7+/t24-/m0/s1. The maximum absolute atomic E-state index is 13.7. The molecule has 4 rings (SSSR count). The fourth-order valence-corrected chi connectivity index (χ4v) is 3.79. The lowest BCUT2D eigenvalue weighted by molar-refractivity contribution is 0.0931. The van der Waals surface area contributed by atoms with E-state index in [4.69, 9.17) is 14.3 Å². The molecule has 0 radical (unpaired) electrons. The Bertz CT molecular complexity index is 1300. The molecule has 194 valence electrons. The zero-order valence-electron chi connectivity index (χ0n) is 20.3. The summed E-state index contributed by atoms with van der Waals surface area (Å²) in [6.45, 7) is 0.757. The predicted octanol–water partition coefficient (Wildman–Crippen LogP) is 4.82. The minimum absolute atomic E-state index is 0.222. The molecular weight excluding hydrogens is 480 g/mol. The van der Waals surface area contributed by atoms with E-state index in [2.05, 4.69) is 9.97 Å². The van der Waals surface area contributed by atoms with Gasteiger partial charge in [0.25, 0.3) is 0 Å². The number of nitrogens with zero attached hydrogens (tertiary/aromatic N) is 3. The van der Waals surface area contributed by atoms with Crippen molar-refractivity contribution in [3.63, 3.8) is 0 Å². The van der Waals surface area contributed by atoms with Crippen molar-refractivity contribution >= 4 is 12.2 Å². The SMILES string of the molecule is OC[C@@H](O)Cc1nccn1CCCCc1ccc(OCc2coc(/C=C/c3ccc(F)cc3F)n2)cc1. The van der Waals surface area contributed by atoms with Crippen molar-refractivity contribution in [3.8, 4) is 5.75 Å². The highest BCUT2D eigenvalue weighted by atomic mass is 19.1. The zero-order valence-corrected chi connectivity index (χ0v) is 20.3. The summed E-state index contributed by atoms with van der Waals surface area (Å²) in [4.78, 5) is 8.55. The third kappa shape index (κ3) is 7.83. The van der Waals surface area contributed by atoms with Crippen molar-refractivity contribution in [1.29, 1.82) is 0 Å². The number of aliphatic hydroxyl groups is 2. The first kappa shape index (κ1) is 26.2. The minimum Gasteiger partial charge on any atom is -0.487 e. The van der Waals surface area contributed by atoms with E-state index in [1.165, 1.54) is 36.1 Å². The van der Waals surface area contributed by atoms with Crippen molar-refractivity contribution in [3.05, 3.63) is 101 Å². The molecule has 0 aliphatic heterocycles. The van der Waals surface area contributed by atoms with E-state index >= 15 is 0 Å². The molecule has 0 saturated heterocycles. The highest BCUT2D eigenvalue weighted by Crippen LogP contribution is 2.17. The summed E-state index contributed by atoms with van der Waals surface area (Å²) >= 11 is 0. The number of rotatable bonds is 13. The largest absolute Gasteiger partial charge is 0.487 e. The van der Waals surface area contributed by atoms with Gasteiger partial charge in [-0.3, -0.25) is 0 Å². The van der Waals surface area contributed by atoms with Gasteiger partial charge in [-0.15, -0.1) is 0 Å². The van der Waals surface area contributed by atoms with E-state index in [0.29, 0.717) is 23.8 Å². The topological polar surface area (TPSA) is 93.5 Å². The molecule has 0 amide bonds. The lowest BCUT2D eigenvalue weighted by atomic mass is 10.1. The van der Waals surface area contributed by atoms with Crippen molar-refractivity contribution in [2.75, 3.05) is 6.61 Å². The smallest absolute Gasteiger partial charge is 0.218 e. The normalized spacial score (nSPS) is 12.3. The van der Waals surface area contributed by atoms with Gasteiger partial charge in [-0.25, -0.2) is 18.7 Å². The van der Waals surface area contributed by atoms with Crippen LogP contribution in [0.1, 0.15) is 41.4 Å². The van der Waals surface area contributed by atoms with Gasteiger partial charge in [0, 0.05) is 43.1 Å². The van der Waals surface area contributed by atoms with Crippen LogP contribution in [0.15, 0.2) is 65.5 Å². The molecule has 0 spiro atoms. The first-order valence-corrected chi connectivity index (χ1v) is 12.1. The molecule has 0 fully saturated rings. The van der Waals surface area contributed by atoms with E-state index in [1.54, 1.807) is 6.20 Å². The second kappa shape index (κ2) is 12.9. The van der Waals surface area contributed by atoms with E-state index in [1.807, 2.05) is 35.0 Å². The van der Waals surface area contributed by atoms with E-state index in [0.717, 1.165) is 37.7 Å². The molecule has 9 heteroatoms. The number of oxazole rings is 1. The van der Waals surface area contributed by atoms with Crippen molar-refractivity contribution in [2.45, 2.75) is 44.9 Å². The molecule has 0 aliphatic carbocycles. The molecule has 7 nitrogen and oxygen atoms in total. The molecule has 2 aromatic carbocycles. The fourth-order valence-electron chi connectivity index (χ4n) is 3.79. The van der Waals surface area contributed by atoms with Crippen LogP contribution < -0.4 is 4.74 Å². The number of benzene rings is 2. The van der Waals surface area contributed by atoms with Crippen LogP contribution in [-0.2, 0) is 26.0 Å². The average Bonchev–Trinajstić information content (AvgIpc) is 3.54. The molecular formula is C28H29F2N3O4. The molecule has 2 aromatic heterocycles. The van der Waals surface area contributed by atoms with Gasteiger partial charge in [-0.2, -0.15) is 0 Å². The van der Waals surface area contributed by atoms with Crippen molar-refractivity contribution in [1.82, 2.24) is 14.5 Å². The number of halogens is 2. The number of hydrogen-bond donors (Lipinski definition) is 2. The Labute approximate surface area is 213 Å². The van der Waals surface area contributed by atoms with Gasteiger partial charge >= 0.3 is 0 Å². The molecule has 0 saturated carbocycles. The third-order valence-electron chi connectivity index (χ3n) is 5.79. The highest BCUT2D eigenvalue weighted by Gasteiger charge is 2.09. The molecule has 4 aromatic rings. The van der Waals surface area contributed by atoms with Crippen LogP contribution in [0.5, 0.6) is 5.75 Å².